The molecule has 2 heterocycles. The predicted octanol–water partition coefficient (Wildman–Crippen LogP) is 6.81. The number of hydrogen-bond acceptors (Lipinski definition) is 8. The highest BCUT2D eigenvalue weighted by atomic mass is 35.5. The third-order valence-electron chi connectivity index (χ3n) is 7.28. The molecule has 1 fully saturated rings. The van der Waals surface area contributed by atoms with Crippen molar-refractivity contribution in [3.8, 4) is 18.2 Å². The van der Waals surface area contributed by atoms with Crippen LogP contribution in [0.1, 0.15) is 67.6 Å². The number of rotatable bonds is 7. The van der Waals surface area contributed by atoms with Gasteiger partial charge in [-0.3, -0.25) is 4.98 Å². The summed E-state index contributed by atoms with van der Waals surface area (Å²) in [4.78, 5) is 4.36. The molecule has 0 unspecified atom stereocenters. The Morgan fingerprint density at radius 2 is 1.74 bits per heavy atom. The van der Waals surface area contributed by atoms with E-state index in [-0.39, 0.29) is 45.7 Å². The number of halogens is 4. The summed E-state index contributed by atoms with van der Waals surface area (Å²) in [6, 6.07) is 13.3. The summed E-state index contributed by atoms with van der Waals surface area (Å²) in [5.41, 5.74) is 0.150. The number of pyridine rings is 1. The van der Waals surface area contributed by atoms with Crippen LogP contribution in [0.3, 0.4) is 0 Å². The van der Waals surface area contributed by atoms with E-state index in [9.17, 15) is 29.0 Å². The van der Waals surface area contributed by atoms with Gasteiger partial charge < -0.3 is 10.6 Å². The summed E-state index contributed by atoms with van der Waals surface area (Å²) < 4.78 is 42.4. The number of nitriles is 3. The topological polar surface area (TPSA) is 139 Å². The van der Waals surface area contributed by atoms with Crippen molar-refractivity contribution in [3.63, 3.8) is 0 Å². The van der Waals surface area contributed by atoms with E-state index < -0.39 is 17.8 Å². The molecular formula is C30H25ClF3N9. The van der Waals surface area contributed by atoms with E-state index in [2.05, 4.69) is 38.1 Å². The fraction of sp³-hybridized carbons (Fsp3) is 0.333. The Kier molecular flexibility index (Phi) is 7.41. The predicted molar refractivity (Wildman–Crippen MR) is 154 cm³/mol. The van der Waals surface area contributed by atoms with E-state index in [1.54, 1.807) is 24.3 Å². The fourth-order valence-electron chi connectivity index (χ4n) is 4.82. The first-order valence-corrected chi connectivity index (χ1v) is 13.6. The second-order valence-electron chi connectivity index (χ2n) is 11.6. The number of anilines is 2. The largest absolute Gasteiger partial charge is 0.413 e. The van der Waals surface area contributed by atoms with E-state index in [0.717, 1.165) is 4.68 Å². The van der Waals surface area contributed by atoms with E-state index in [1.807, 2.05) is 26.8 Å². The normalized spacial score (nSPS) is 14.8. The van der Waals surface area contributed by atoms with Crippen molar-refractivity contribution in [3.05, 3.63) is 75.7 Å². The van der Waals surface area contributed by atoms with Gasteiger partial charge in [0, 0.05) is 29.4 Å². The van der Waals surface area contributed by atoms with Crippen molar-refractivity contribution in [1.82, 2.24) is 20.0 Å². The maximum atomic E-state index is 13.9. The summed E-state index contributed by atoms with van der Waals surface area (Å²) in [6.45, 7) is 6.61. The summed E-state index contributed by atoms with van der Waals surface area (Å²) in [5, 5.41) is 44.5. The van der Waals surface area contributed by atoms with Crippen molar-refractivity contribution < 1.29 is 13.2 Å². The van der Waals surface area contributed by atoms with Crippen LogP contribution in [0.15, 0.2) is 42.7 Å². The molecule has 1 aliphatic rings. The minimum atomic E-state index is -4.51. The van der Waals surface area contributed by atoms with Gasteiger partial charge in [-0.05, 0) is 36.5 Å². The Balaban J connectivity index is 1.66. The average molecular weight is 604 g/mol. The van der Waals surface area contributed by atoms with Crippen LogP contribution in [0.4, 0.5) is 24.5 Å². The molecule has 218 valence electrons. The summed E-state index contributed by atoms with van der Waals surface area (Å²) in [5.74, 6) is 0. The molecule has 4 aromatic rings. The van der Waals surface area contributed by atoms with Crippen LogP contribution in [-0.4, -0.2) is 32.7 Å². The maximum absolute atomic E-state index is 13.9. The van der Waals surface area contributed by atoms with E-state index in [1.165, 1.54) is 18.5 Å². The van der Waals surface area contributed by atoms with E-state index in [0.29, 0.717) is 34.4 Å². The monoisotopic (exact) mass is 603 g/mol. The smallest absolute Gasteiger partial charge is 0.383 e. The molecule has 5 rings (SSSR count). The highest BCUT2D eigenvalue weighted by molar-refractivity contribution is 6.32. The van der Waals surface area contributed by atoms with Gasteiger partial charge in [0.05, 0.1) is 45.2 Å². The number of nitrogens with zero attached hydrogens (tertiary/aromatic N) is 7. The second kappa shape index (κ2) is 10.8. The molecule has 13 heteroatoms. The van der Waals surface area contributed by atoms with Crippen LogP contribution >= 0.6 is 11.6 Å². The minimum absolute atomic E-state index is 0.0938. The molecule has 9 nitrogen and oxygen atoms in total. The molecule has 43 heavy (non-hydrogen) atoms. The molecule has 2 aromatic carbocycles. The maximum Gasteiger partial charge on any atom is 0.413 e. The third kappa shape index (κ3) is 5.52. The zero-order valence-corrected chi connectivity index (χ0v) is 24.1. The van der Waals surface area contributed by atoms with Crippen molar-refractivity contribution in [1.29, 1.82) is 15.8 Å². The minimum Gasteiger partial charge on any atom is -0.383 e. The molecule has 2 N–H and O–H groups in total. The highest BCUT2D eigenvalue weighted by Crippen LogP contribution is 2.55. The molecule has 0 amide bonds. The summed E-state index contributed by atoms with van der Waals surface area (Å²) in [6.07, 6.45) is -2.11. The van der Waals surface area contributed by atoms with Gasteiger partial charge >= 0.3 is 6.18 Å². The van der Waals surface area contributed by atoms with Gasteiger partial charge in [0.1, 0.15) is 23.9 Å². The van der Waals surface area contributed by atoms with Crippen LogP contribution < -0.4 is 10.6 Å². The highest BCUT2D eigenvalue weighted by Gasteiger charge is 2.66. The number of hydrogen-bond donors (Lipinski definition) is 2. The molecular weight excluding hydrogens is 579 g/mol. The van der Waals surface area contributed by atoms with Crippen LogP contribution in [0, 0.1) is 39.4 Å². The molecule has 0 aliphatic heterocycles. The van der Waals surface area contributed by atoms with Crippen molar-refractivity contribution in [2.75, 3.05) is 17.2 Å². The van der Waals surface area contributed by atoms with Gasteiger partial charge in [0.25, 0.3) is 0 Å². The van der Waals surface area contributed by atoms with Gasteiger partial charge in [0.2, 0.25) is 0 Å². The lowest BCUT2D eigenvalue weighted by molar-refractivity contribution is -0.182. The zero-order chi connectivity index (χ0) is 31.2. The summed E-state index contributed by atoms with van der Waals surface area (Å²) in [7, 11) is 0. The first-order valence-electron chi connectivity index (χ1n) is 13.3. The van der Waals surface area contributed by atoms with Gasteiger partial charge in [-0.15, -0.1) is 5.10 Å². The molecule has 1 atom stereocenters. The number of benzene rings is 2. The Morgan fingerprint density at radius 3 is 2.35 bits per heavy atom. The van der Waals surface area contributed by atoms with Crippen molar-refractivity contribution >= 4 is 33.9 Å². The van der Waals surface area contributed by atoms with Gasteiger partial charge in [-0.25, -0.2) is 4.68 Å². The van der Waals surface area contributed by atoms with E-state index >= 15 is 0 Å². The lowest BCUT2D eigenvalue weighted by Crippen LogP contribution is -2.35. The average Bonchev–Trinajstić information content (AvgIpc) is 3.65. The lowest BCUT2D eigenvalue weighted by Gasteiger charge is -2.23. The molecule has 1 saturated carbocycles. The number of alkyl halides is 3. The molecule has 0 bridgehead atoms. The Labute approximate surface area is 250 Å². The van der Waals surface area contributed by atoms with Crippen LogP contribution in [0.2, 0.25) is 5.02 Å². The van der Waals surface area contributed by atoms with Gasteiger partial charge in [0.15, 0.2) is 5.54 Å². The van der Waals surface area contributed by atoms with Crippen LogP contribution in [0.5, 0.6) is 0 Å². The summed E-state index contributed by atoms with van der Waals surface area (Å²) >= 11 is 6.60. The van der Waals surface area contributed by atoms with Crippen molar-refractivity contribution in [2.45, 2.75) is 51.4 Å². The fourth-order valence-corrected chi connectivity index (χ4v) is 5.09. The number of aromatic nitrogens is 4. The molecule has 0 radical (unpaired) electrons. The van der Waals surface area contributed by atoms with Crippen molar-refractivity contribution in [2.24, 2.45) is 5.41 Å². The zero-order valence-electron chi connectivity index (χ0n) is 23.4. The lowest BCUT2D eigenvalue weighted by atomic mass is 9.96. The molecule has 0 spiro atoms. The molecule has 2 aromatic heterocycles. The first-order chi connectivity index (χ1) is 20.3. The first kappa shape index (κ1) is 29.6. The molecule has 1 aliphatic carbocycles. The molecule has 0 saturated heterocycles. The van der Waals surface area contributed by atoms with Gasteiger partial charge in [-0.1, -0.05) is 49.7 Å². The SMILES string of the molecule is CC(C)(C)CNc1c(C#N)cnc2c(C#N)cc(N[C@H](c3cn(C4(C(F)(F)F)CC4)nn3)c3cccc(C#N)c3Cl)cc12. The third-order valence-corrected chi connectivity index (χ3v) is 7.70. The Morgan fingerprint density at radius 1 is 1.05 bits per heavy atom. The Hall–Kier alpha value is -4.86. The second-order valence-corrected chi connectivity index (χ2v) is 12.0. The standard InChI is InChI=1S/C30H25ClF3N9/c1-28(2,3)16-39-26-19(13-37)14-38-25-18(12-36)9-20(10-22(25)26)40-27(21-6-4-5-17(11-35)24(21)31)23-15-43(42-41-23)29(7-8-29)30(32,33)34/h4-6,9-10,14-15,27,40H,7-8,16H2,1-3H3,(H,38,39)/t27-/m0/s1. The quantitative estimate of drug-likeness (QED) is 0.235. The van der Waals surface area contributed by atoms with E-state index in [4.69, 9.17) is 11.6 Å². The number of fused-ring (bicyclic) bond motifs is 1. The Bertz CT molecular complexity index is 1850. The van der Waals surface area contributed by atoms with Crippen LogP contribution in [-0.2, 0) is 5.54 Å². The van der Waals surface area contributed by atoms with Gasteiger partial charge in [-0.2, -0.15) is 29.0 Å². The number of nitrogens with one attached hydrogen (secondary N) is 2. The van der Waals surface area contributed by atoms with Crippen LogP contribution in [0.25, 0.3) is 10.9 Å².